The van der Waals surface area contributed by atoms with Gasteiger partial charge in [0.25, 0.3) is 0 Å². The molecule has 0 amide bonds. The standard InChI is InChI=1S/C18H32N2O/c1-14(2)15-6-9-20(10-7-15)13-16-8-11-21-17(16)12-19-18(3,4)5/h8,11,14-15,19H,6-7,9-10,12-13H2,1-5H3. The van der Waals surface area contributed by atoms with Crippen molar-refractivity contribution in [2.45, 2.75) is 66.1 Å². The Labute approximate surface area is 130 Å². The number of nitrogens with one attached hydrogen (secondary N) is 1. The lowest BCUT2D eigenvalue weighted by molar-refractivity contribution is 0.151. The van der Waals surface area contributed by atoms with Crippen LogP contribution in [0.5, 0.6) is 0 Å². The first kappa shape index (κ1) is 16.6. The molecule has 1 fully saturated rings. The van der Waals surface area contributed by atoms with Crippen LogP contribution in [0, 0.1) is 11.8 Å². The van der Waals surface area contributed by atoms with Gasteiger partial charge >= 0.3 is 0 Å². The van der Waals surface area contributed by atoms with E-state index in [9.17, 15) is 0 Å². The van der Waals surface area contributed by atoms with Crippen LogP contribution in [-0.2, 0) is 13.1 Å². The monoisotopic (exact) mass is 292 g/mol. The largest absolute Gasteiger partial charge is 0.468 e. The van der Waals surface area contributed by atoms with Crippen LogP contribution in [0.15, 0.2) is 16.7 Å². The smallest absolute Gasteiger partial charge is 0.122 e. The molecule has 0 aromatic carbocycles. The van der Waals surface area contributed by atoms with E-state index in [4.69, 9.17) is 4.42 Å². The number of rotatable bonds is 5. The maximum absolute atomic E-state index is 5.67. The van der Waals surface area contributed by atoms with Gasteiger partial charge in [-0.1, -0.05) is 13.8 Å². The van der Waals surface area contributed by atoms with E-state index in [-0.39, 0.29) is 5.54 Å². The SMILES string of the molecule is CC(C)C1CCN(Cc2ccoc2CNC(C)(C)C)CC1. The minimum Gasteiger partial charge on any atom is -0.468 e. The summed E-state index contributed by atoms with van der Waals surface area (Å²) in [5, 5.41) is 3.51. The molecule has 0 aliphatic carbocycles. The van der Waals surface area contributed by atoms with E-state index in [0.29, 0.717) is 0 Å². The van der Waals surface area contributed by atoms with Gasteiger partial charge in [0, 0.05) is 17.6 Å². The molecule has 1 saturated heterocycles. The van der Waals surface area contributed by atoms with Crippen molar-refractivity contribution in [2.75, 3.05) is 13.1 Å². The topological polar surface area (TPSA) is 28.4 Å². The zero-order chi connectivity index (χ0) is 15.5. The Hall–Kier alpha value is -0.800. The number of likely N-dealkylation sites (tertiary alicyclic amines) is 1. The minimum absolute atomic E-state index is 0.125. The van der Waals surface area contributed by atoms with Crippen LogP contribution < -0.4 is 5.32 Å². The Morgan fingerprint density at radius 1 is 1.29 bits per heavy atom. The summed E-state index contributed by atoms with van der Waals surface area (Å²) in [6.45, 7) is 15.6. The second kappa shape index (κ2) is 6.97. The van der Waals surface area contributed by atoms with E-state index in [1.807, 2.05) is 6.26 Å². The zero-order valence-corrected chi connectivity index (χ0v) is 14.4. The minimum atomic E-state index is 0.125. The van der Waals surface area contributed by atoms with E-state index in [0.717, 1.165) is 30.7 Å². The Morgan fingerprint density at radius 3 is 2.52 bits per heavy atom. The van der Waals surface area contributed by atoms with E-state index in [1.165, 1.54) is 31.5 Å². The maximum Gasteiger partial charge on any atom is 0.122 e. The molecule has 1 N–H and O–H groups in total. The zero-order valence-electron chi connectivity index (χ0n) is 14.4. The number of hydrogen-bond acceptors (Lipinski definition) is 3. The van der Waals surface area contributed by atoms with Crippen molar-refractivity contribution < 1.29 is 4.42 Å². The summed E-state index contributed by atoms with van der Waals surface area (Å²) in [4.78, 5) is 2.57. The van der Waals surface area contributed by atoms with Crippen molar-refractivity contribution in [3.05, 3.63) is 23.7 Å². The number of furan rings is 1. The number of hydrogen-bond donors (Lipinski definition) is 1. The summed E-state index contributed by atoms with van der Waals surface area (Å²) in [5.74, 6) is 2.83. The Morgan fingerprint density at radius 2 is 1.95 bits per heavy atom. The molecule has 2 heterocycles. The molecule has 0 atom stereocenters. The molecular weight excluding hydrogens is 260 g/mol. The average molecular weight is 292 g/mol. The fraction of sp³-hybridized carbons (Fsp3) is 0.778. The summed E-state index contributed by atoms with van der Waals surface area (Å²) in [7, 11) is 0. The van der Waals surface area contributed by atoms with E-state index >= 15 is 0 Å². The summed E-state index contributed by atoms with van der Waals surface area (Å²) in [6.07, 6.45) is 4.51. The molecule has 1 aliphatic rings. The van der Waals surface area contributed by atoms with Crippen LogP contribution in [0.25, 0.3) is 0 Å². The van der Waals surface area contributed by atoms with Gasteiger partial charge in [-0.3, -0.25) is 4.90 Å². The van der Waals surface area contributed by atoms with Crippen LogP contribution in [0.3, 0.4) is 0 Å². The van der Waals surface area contributed by atoms with Crippen molar-refractivity contribution in [3.8, 4) is 0 Å². The van der Waals surface area contributed by atoms with Crippen LogP contribution >= 0.6 is 0 Å². The highest BCUT2D eigenvalue weighted by molar-refractivity contribution is 5.17. The highest BCUT2D eigenvalue weighted by Gasteiger charge is 2.22. The van der Waals surface area contributed by atoms with Crippen molar-refractivity contribution >= 4 is 0 Å². The molecule has 120 valence electrons. The lowest BCUT2D eigenvalue weighted by atomic mass is 9.86. The van der Waals surface area contributed by atoms with Gasteiger partial charge in [-0.05, 0) is 64.6 Å². The quantitative estimate of drug-likeness (QED) is 0.888. The molecular formula is C18H32N2O. The average Bonchev–Trinajstić information content (AvgIpc) is 2.83. The van der Waals surface area contributed by atoms with E-state index in [1.54, 1.807) is 0 Å². The highest BCUT2D eigenvalue weighted by Crippen LogP contribution is 2.26. The van der Waals surface area contributed by atoms with Gasteiger partial charge in [0.05, 0.1) is 12.8 Å². The summed E-state index contributed by atoms with van der Waals surface area (Å²) < 4.78 is 5.67. The molecule has 0 unspecified atom stereocenters. The van der Waals surface area contributed by atoms with Gasteiger partial charge in [-0.15, -0.1) is 0 Å². The van der Waals surface area contributed by atoms with Gasteiger partial charge in [0.15, 0.2) is 0 Å². The number of nitrogens with zero attached hydrogens (tertiary/aromatic N) is 1. The molecule has 21 heavy (non-hydrogen) atoms. The Bertz CT molecular complexity index is 423. The van der Waals surface area contributed by atoms with E-state index < -0.39 is 0 Å². The molecule has 0 radical (unpaired) electrons. The highest BCUT2D eigenvalue weighted by atomic mass is 16.3. The van der Waals surface area contributed by atoms with Gasteiger partial charge < -0.3 is 9.73 Å². The molecule has 0 spiro atoms. The second-order valence-corrected chi connectivity index (χ2v) is 7.83. The van der Waals surface area contributed by atoms with Crippen LogP contribution in [0.4, 0.5) is 0 Å². The third-order valence-electron chi connectivity index (χ3n) is 4.59. The third kappa shape index (κ3) is 5.15. The summed E-state index contributed by atoms with van der Waals surface area (Å²) in [5.41, 5.74) is 1.47. The van der Waals surface area contributed by atoms with Crippen molar-refractivity contribution in [1.29, 1.82) is 0 Å². The third-order valence-corrected chi connectivity index (χ3v) is 4.59. The van der Waals surface area contributed by atoms with Crippen LogP contribution in [-0.4, -0.2) is 23.5 Å². The molecule has 3 heteroatoms. The van der Waals surface area contributed by atoms with Gasteiger partial charge in [0.1, 0.15) is 5.76 Å². The lowest BCUT2D eigenvalue weighted by Crippen LogP contribution is -2.36. The molecule has 2 rings (SSSR count). The normalized spacial score (nSPS) is 18.6. The first-order chi connectivity index (χ1) is 9.85. The molecule has 1 aromatic rings. The maximum atomic E-state index is 5.67. The van der Waals surface area contributed by atoms with E-state index in [2.05, 4.69) is 50.9 Å². The predicted octanol–water partition coefficient (Wildman–Crippen LogP) is 4.04. The van der Waals surface area contributed by atoms with Crippen LogP contribution in [0.1, 0.15) is 58.8 Å². The van der Waals surface area contributed by atoms with Gasteiger partial charge in [-0.25, -0.2) is 0 Å². The predicted molar refractivity (Wildman–Crippen MR) is 88.1 cm³/mol. The summed E-state index contributed by atoms with van der Waals surface area (Å²) in [6, 6.07) is 2.13. The molecule has 0 bridgehead atoms. The summed E-state index contributed by atoms with van der Waals surface area (Å²) >= 11 is 0. The second-order valence-electron chi connectivity index (χ2n) is 7.83. The molecule has 0 saturated carbocycles. The van der Waals surface area contributed by atoms with Gasteiger partial charge in [0.2, 0.25) is 0 Å². The Kier molecular flexibility index (Phi) is 5.50. The van der Waals surface area contributed by atoms with Crippen molar-refractivity contribution in [1.82, 2.24) is 10.2 Å². The Balaban J connectivity index is 1.85. The molecule has 3 nitrogen and oxygen atoms in total. The number of piperidine rings is 1. The fourth-order valence-corrected chi connectivity index (χ4v) is 3.03. The van der Waals surface area contributed by atoms with Crippen LogP contribution in [0.2, 0.25) is 0 Å². The van der Waals surface area contributed by atoms with Crippen molar-refractivity contribution in [3.63, 3.8) is 0 Å². The van der Waals surface area contributed by atoms with Gasteiger partial charge in [-0.2, -0.15) is 0 Å². The fourth-order valence-electron chi connectivity index (χ4n) is 3.03. The first-order valence-electron chi connectivity index (χ1n) is 8.38. The molecule has 1 aromatic heterocycles. The molecule has 1 aliphatic heterocycles. The van der Waals surface area contributed by atoms with Crippen molar-refractivity contribution in [2.24, 2.45) is 11.8 Å². The first-order valence-corrected chi connectivity index (χ1v) is 8.38. The lowest BCUT2D eigenvalue weighted by Gasteiger charge is -2.33.